The Bertz CT molecular complexity index is 914. The van der Waals surface area contributed by atoms with Crippen LogP contribution in [0.5, 0.6) is 11.5 Å². The molecule has 0 aliphatic carbocycles. The topological polar surface area (TPSA) is 67.9 Å². The average molecular weight is 483 g/mol. The Morgan fingerprint density at radius 2 is 1.57 bits per heavy atom. The highest BCUT2D eigenvalue weighted by Crippen LogP contribution is 2.29. The molecule has 2 rings (SSSR count). The summed E-state index contributed by atoms with van der Waals surface area (Å²) in [6, 6.07) is 15.4. The van der Waals surface area contributed by atoms with Crippen LogP contribution < -0.4 is 14.8 Å². The van der Waals surface area contributed by atoms with Gasteiger partial charge in [-0.15, -0.1) is 0 Å². The number of nitrogens with zero attached hydrogens (tertiary/aromatic N) is 1. The van der Waals surface area contributed by atoms with Crippen LogP contribution in [-0.2, 0) is 22.4 Å². The van der Waals surface area contributed by atoms with E-state index in [2.05, 4.69) is 31.3 Å². The summed E-state index contributed by atoms with van der Waals surface area (Å²) < 4.78 is 11.4. The minimum Gasteiger partial charge on any atom is -0.490 e. The van der Waals surface area contributed by atoms with Gasteiger partial charge in [-0.3, -0.25) is 9.59 Å². The number of benzene rings is 2. The molecule has 0 aliphatic heterocycles. The van der Waals surface area contributed by atoms with Gasteiger partial charge in [0.2, 0.25) is 11.8 Å². The van der Waals surface area contributed by atoms with Gasteiger partial charge >= 0.3 is 0 Å². The number of rotatable bonds is 15. The Kier molecular flexibility index (Phi) is 12.2. The maximum atomic E-state index is 13.5. The summed E-state index contributed by atoms with van der Waals surface area (Å²) in [5.74, 6) is 1.66. The van der Waals surface area contributed by atoms with E-state index in [0.717, 1.165) is 11.1 Å². The van der Waals surface area contributed by atoms with Crippen LogP contribution in [0, 0.1) is 5.92 Å². The maximum Gasteiger partial charge on any atom is 0.242 e. The van der Waals surface area contributed by atoms with Crippen LogP contribution in [0.1, 0.15) is 58.6 Å². The SMILES string of the molecule is CCOc1ccc(CCC(=O)N(CCc2ccccc2)C(CC)C(=O)NCC(C)C)cc1OCC. The van der Waals surface area contributed by atoms with Crippen molar-refractivity contribution in [3.8, 4) is 11.5 Å². The van der Waals surface area contributed by atoms with Gasteiger partial charge < -0.3 is 19.7 Å². The first-order valence-corrected chi connectivity index (χ1v) is 12.9. The lowest BCUT2D eigenvalue weighted by Gasteiger charge is -2.31. The molecule has 0 spiro atoms. The van der Waals surface area contributed by atoms with E-state index in [9.17, 15) is 9.59 Å². The molecule has 0 fully saturated rings. The molecule has 1 unspecified atom stereocenters. The summed E-state index contributed by atoms with van der Waals surface area (Å²) in [6.07, 6.45) is 2.17. The molecule has 0 aliphatic rings. The van der Waals surface area contributed by atoms with Crippen molar-refractivity contribution in [3.63, 3.8) is 0 Å². The fourth-order valence-electron chi connectivity index (χ4n) is 3.96. The molecule has 2 aromatic rings. The van der Waals surface area contributed by atoms with E-state index < -0.39 is 6.04 Å². The van der Waals surface area contributed by atoms with Crippen molar-refractivity contribution >= 4 is 11.8 Å². The summed E-state index contributed by atoms with van der Waals surface area (Å²) in [5.41, 5.74) is 2.15. The summed E-state index contributed by atoms with van der Waals surface area (Å²) in [7, 11) is 0. The summed E-state index contributed by atoms with van der Waals surface area (Å²) in [6.45, 7) is 12.2. The molecule has 0 radical (unpaired) electrons. The molecule has 0 bridgehead atoms. The van der Waals surface area contributed by atoms with E-state index in [-0.39, 0.29) is 11.8 Å². The normalized spacial score (nSPS) is 11.7. The highest BCUT2D eigenvalue weighted by molar-refractivity contribution is 5.87. The van der Waals surface area contributed by atoms with E-state index >= 15 is 0 Å². The van der Waals surface area contributed by atoms with E-state index in [1.54, 1.807) is 4.90 Å². The number of aryl methyl sites for hydroxylation is 1. The lowest BCUT2D eigenvalue weighted by atomic mass is 10.1. The van der Waals surface area contributed by atoms with Gasteiger partial charge in [-0.2, -0.15) is 0 Å². The standard InChI is InChI=1S/C29H42N2O4/c1-6-25(29(33)30-21-22(4)5)31(19-18-23-12-10-9-11-13-23)28(32)17-15-24-14-16-26(34-7-2)27(20-24)35-8-3/h9-14,16,20,22,25H,6-8,15,17-19,21H2,1-5H3,(H,30,33). The first-order valence-electron chi connectivity index (χ1n) is 12.9. The maximum absolute atomic E-state index is 13.5. The Morgan fingerprint density at radius 3 is 2.20 bits per heavy atom. The highest BCUT2D eigenvalue weighted by Gasteiger charge is 2.28. The fourth-order valence-corrected chi connectivity index (χ4v) is 3.96. The second-order valence-electron chi connectivity index (χ2n) is 9.03. The molecule has 2 aromatic carbocycles. The molecular formula is C29H42N2O4. The summed E-state index contributed by atoms with van der Waals surface area (Å²) in [4.78, 5) is 28.2. The second kappa shape index (κ2) is 15.1. The van der Waals surface area contributed by atoms with Crippen LogP contribution in [0.15, 0.2) is 48.5 Å². The number of carbonyl (C=O) groups is 2. The second-order valence-corrected chi connectivity index (χ2v) is 9.03. The van der Waals surface area contributed by atoms with Crippen LogP contribution in [-0.4, -0.2) is 49.1 Å². The average Bonchev–Trinajstić information content (AvgIpc) is 2.85. The third-order valence-electron chi connectivity index (χ3n) is 5.79. The van der Waals surface area contributed by atoms with Crippen molar-refractivity contribution in [2.45, 2.75) is 66.3 Å². The third kappa shape index (κ3) is 9.27. The molecule has 0 heterocycles. The minimum atomic E-state index is -0.482. The molecule has 1 N–H and O–H groups in total. The monoisotopic (exact) mass is 482 g/mol. The molecular weight excluding hydrogens is 440 g/mol. The lowest BCUT2D eigenvalue weighted by molar-refractivity contribution is -0.140. The molecule has 192 valence electrons. The fraction of sp³-hybridized carbons (Fsp3) is 0.517. The van der Waals surface area contributed by atoms with E-state index in [1.165, 1.54) is 0 Å². The largest absolute Gasteiger partial charge is 0.490 e. The number of amides is 2. The molecule has 6 nitrogen and oxygen atoms in total. The smallest absolute Gasteiger partial charge is 0.242 e. The van der Waals surface area contributed by atoms with Crippen LogP contribution >= 0.6 is 0 Å². The van der Waals surface area contributed by atoms with E-state index in [0.29, 0.717) is 69.4 Å². The quantitative estimate of drug-likeness (QED) is 0.386. The summed E-state index contributed by atoms with van der Waals surface area (Å²) in [5, 5.41) is 3.02. The third-order valence-corrected chi connectivity index (χ3v) is 5.79. The molecule has 6 heteroatoms. The first kappa shape index (κ1) is 28.2. The van der Waals surface area contributed by atoms with Gasteiger partial charge in [-0.25, -0.2) is 0 Å². The zero-order valence-electron chi connectivity index (χ0n) is 22.0. The molecule has 2 amide bonds. The number of ether oxygens (including phenoxy) is 2. The van der Waals surface area contributed by atoms with Crippen LogP contribution in [0.3, 0.4) is 0 Å². The van der Waals surface area contributed by atoms with Gasteiger partial charge in [-0.05, 0) is 62.3 Å². The van der Waals surface area contributed by atoms with E-state index in [4.69, 9.17) is 9.47 Å². The number of hydrogen-bond acceptors (Lipinski definition) is 4. The van der Waals surface area contributed by atoms with Crippen molar-refractivity contribution in [2.24, 2.45) is 5.92 Å². The predicted molar refractivity (Wildman–Crippen MR) is 141 cm³/mol. The van der Waals surface area contributed by atoms with Gasteiger partial charge in [-0.1, -0.05) is 57.2 Å². The van der Waals surface area contributed by atoms with Crippen molar-refractivity contribution in [1.82, 2.24) is 10.2 Å². The minimum absolute atomic E-state index is 0.0145. The number of carbonyl (C=O) groups excluding carboxylic acids is 2. The zero-order valence-corrected chi connectivity index (χ0v) is 22.0. The van der Waals surface area contributed by atoms with Gasteiger partial charge in [0.15, 0.2) is 11.5 Å². The Morgan fingerprint density at radius 1 is 0.886 bits per heavy atom. The van der Waals surface area contributed by atoms with Crippen LogP contribution in [0.2, 0.25) is 0 Å². The number of hydrogen-bond donors (Lipinski definition) is 1. The molecule has 35 heavy (non-hydrogen) atoms. The van der Waals surface area contributed by atoms with Crippen molar-refractivity contribution in [1.29, 1.82) is 0 Å². The molecule has 1 atom stereocenters. The number of nitrogens with one attached hydrogen (secondary N) is 1. The molecule has 0 saturated heterocycles. The Hall–Kier alpha value is -3.02. The molecule has 0 aromatic heterocycles. The van der Waals surface area contributed by atoms with Gasteiger partial charge in [0.25, 0.3) is 0 Å². The van der Waals surface area contributed by atoms with Crippen molar-refractivity contribution in [2.75, 3.05) is 26.3 Å². The zero-order chi connectivity index (χ0) is 25.6. The van der Waals surface area contributed by atoms with Gasteiger partial charge in [0.05, 0.1) is 13.2 Å². The van der Waals surface area contributed by atoms with Crippen LogP contribution in [0.25, 0.3) is 0 Å². The van der Waals surface area contributed by atoms with Crippen molar-refractivity contribution < 1.29 is 19.1 Å². The lowest BCUT2D eigenvalue weighted by Crippen LogP contribution is -2.50. The highest BCUT2D eigenvalue weighted by atomic mass is 16.5. The van der Waals surface area contributed by atoms with Crippen LogP contribution in [0.4, 0.5) is 0 Å². The van der Waals surface area contributed by atoms with Gasteiger partial charge in [0.1, 0.15) is 6.04 Å². The first-order chi connectivity index (χ1) is 16.9. The Labute approximate surface area is 211 Å². The van der Waals surface area contributed by atoms with E-state index in [1.807, 2.05) is 57.2 Å². The van der Waals surface area contributed by atoms with Gasteiger partial charge in [0, 0.05) is 19.5 Å². The predicted octanol–water partition coefficient (Wildman–Crippen LogP) is 5.04. The Balaban J connectivity index is 2.15. The molecule has 0 saturated carbocycles. The van der Waals surface area contributed by atoms with Crippen molar-refractivity contribution in [3.05, 3.63) is 59.7 Å². The summed E-state index contributed by atoms with van der Waals surface area (Å²) >= 11 is 0.